The summed E-state index contributed by atoms with van der Waals surface area (Å²) in [5.41, 5.74) is 4.18. The van der Waals surface area contributed by atoms with E-state index in [0.29, 0.717) is 16.7 Å². The Bertz CT molecular complexity index is 465. The number of carbonyl (C=O) groups is 1. The number of ether oxygens (including phenoxy) is 1. The zero-order valence-corrected chi connectivity index (χ0v) is 9.64. The number of methoxy groups -OCH3 is 1. The van der Waals surface area contributed by atoms with Crippen LogP contribution >= 0.6 is 0 Å². The first kappa shape index (κ1) is 13.0. The highest BCUT2D eigenvalue weighted by Gasteiger charge is 2.11. The lowest BCUT2D eigenvalue weighted by atomic mass is 10.0. The summed E-state index contributed by atoms with van der Waals surface area (Å²) >= 11 is 0. The Morgan fingerprint density at radius 2 is 2.06 bits per heavy atom. The van der Waals surface area contributed by atoms with Crippen LogP contribution < -0.4 is 0 Å². The fraction of sp³-hybridized carbons (Fsp3) is 0.143. The van der Waals surface area contributed by atoms with Crippen molar-refractivity contribution in [2.45, 2.75) is 6.10 Å². The van der Waals surface area contributed by atoms with E-state index < -0.39 is 12.1 Å². The Morgan fingerprint density at radius 1 is 1.47 bits per heavy atom. The summed E-state index contributed by atoms with van der Waals surface area (Å²) < 4.78 is 4.58. The molecule has 0 radical (unpaired) electrons. The van der Waals surface area contributed by atoms with Crippen LogP contribution in [0.2, 0.25) is 0 Å². The molecule has 3 nitrogen and oxygen atoms in total. The molecule has 17 heavy (non-hydrogen) atoms. The summed E-state index contributed by atoms with van der Waals surface area (Å²) in [5, 5.41) is 9.94. The molecule has 0 aromatic heterocycles. The average molecular weight is 230 g/mol. The van der Waals surface area contributed by atoms with Crippen molar-refractivity contribution in [3.05, 3.63) is 65.9 Å². The van der Waals surface area contributed by atoms with Crippen LogP contribution in [0.1, 0.15) is 22.0 Å². The maximum absolute atomic E-state index is 11.2. The molecule has 1 rings (SSSR count). The van der Waals surface area contributed by atoms with Crippen LogP contribution in [0.25, 0.3) is 0 Å². The molecule has 0 heterocycles. The molecule has 0 aliphatic carbocycles. The highest BCUT2D eigenvalue weighted by molar-refractivity contribution is 5.89. The lowest BCUT2D eigenvalue weighted by molar-refractivity contribution is 0.0600. The van der Waals surface area contributed by atoms with Crippen molar-refractivity contribution < 1.29 is 14.6 Å². The van der Waals surface area contributed by atoms with Gasteiger partial charge in [-0.3, -0.25) is 0 Å². The Hall–Kier alpha value is -2.09. The largest absolute Gasteiger partial charge is 0.465 e. The fourth-order valence-corrected chi connectivity index (χ4v) is 1.38. The van der Waals surface area contributed by atoms with Gasteiger partial charge in [0.25, 0.3) is 0 Å². The minimum Gasteiger partial charge on any atom is -0.465 e. The second-order valence-corrected chi connectivity index (χ2v) is 3.35. The van der Waals surface area contributed by atoms with Gasteiger partial charge in [0.05, 0.1) is 12.7 Å². The summed E-state index contributed by atoms with van der Waals surface area (Å²) in [5.74, 6) is -0.408. The van der Waals surface area contributed by atoms with Gasteiger partial charge in [-0.25, -0.2) is 4.79 Å². The van der Waals surface area contributed by atoms with Crippen molar-refractivity contribution in [1.29, 1.82) is 0 Å². The van der Waals surface area contributed by atoms with E-state index in [2.05, 4.69) is 23.6 Å². The molecular formula is C14H14O3. The van der Waals surface area contributed by atoms with E-state index in [1.54, 1.807) is 24.3 Å². The van der Waals surface area contributed by atoms with Crippen LogP contribution in [-0.2, 0) is 4.74 Å². The maximum atomic E-state index is 11.2. The van der Waals surface area contributed by atoms with E-state index >= 15 is 0 Å². The zero-order valence-electron chi connectivity index (χ0n) is 9.64. The Morgan fingerprint density at radius 3 is 2.47 bits per heavy atom. The molecule has 0 fully saturated rings. The van der Waals surface area contributed by atoms with E-state index in [9.17, 15) is 9.90 Å². The second-order valence-electron chi connectivity index (χ2n) is 3.35. The lowest BCUT2D eigenvalue weighted by Crippen LogP contribution is -2.03. The molecule has 0 spiro atoms. The van der Waals surface area contributed by atoms with Crippen molar-refractivity contribution in [2.75, 3.05) is 7.11 Å². The molecule has 1 unspecified atom stereocenters. The van der Waals surface area contributed by atoms with Gasteiger partial charge in [0.1, 0.15) is 6.10 Å². The Balaban J connectivity index is 2.99. The molecule has 1 atom stereocenters. The normalized spacial score (nSPS) is 11.2. The first-order valence-electron chi connectivity index (χ1n) is 5.02. The van der Waals surface area contributed by atoms with Crippen molar-refractivity contribution in [2.24, 2.45) is 0 Å². The fourth-order valence-electron chi connectivity index (χ4n) is 1.38. The number of hydrogen-bond donors (Lipinski definition) is 1. The third kappa shape index (κ3) is 2.94. The van der Waals surface area contributed by atoms with Crippen LogP contribution in [-0.4, -0.2) is 18.2 Å². The first-order chi connectivity index (χ1) is 8.13. The van der Waals surface area contributed by atoms with Crippen molar-refractivity contribution in [3.8, 4) is 0 Å². The molecular weight excluding hydrogens is 216 g/mol. The Labute approximate surface area is 100 Å². The van der Waals surface area contributed by atoms with Crippen molar-refractivity contribution in [3.63, 3.8) is 0 Å². The van der Waals surface area contributed by atoms with E-state index in [1.807, 2.05) is 0 Å². The van der Waals surface area contributed by atoms with E-state index in [1.165, 1.54) is 13.2 Å². The molecule has 0 bridgehead atoms. The van der Waals surface area contributed by atoms with Crippen molar-refractivity contribution in [1.82, 2.24) is 0 Å². The minimum absolute atomic E-state index is 0.408. The monoisotopic (exact) mass is 230 g/mol. The van der Waals surface area contributed by atoms with Crippen LogP contribution in [0, 0.1) is 0 Å². The maximum Gasteiger partial charge on any atom is 0.337 e. The molecule has 0 saturated carbocycles. The number of rotatable bonds is 4. The first-order valence-corrected chi connectivity index (χ1v) is 5.02. The highest BCUT2D eigenvalue weighted by Crippen LogP contribution is 2.21. The summed E-state index contributed by atoms with van der Waals surface area (Å²) in [6.07, 6.45) is 0.656. The molecule has 1 N–H and O–H groups in total. The summed E-state index contributed by atoms with van der Waals surface area (Å²) in [4.78, 5) is 11.2. The number of hydrogen-bond acceptors (Lipinski definition) is 3. The SMILES string of the molecule is C=C=C(C=C)C(O)c1ccc(C(=O)OC)cc1. The lowest BCUT2D eigenvalue weighted by Gasteiger charge is -2.10. The molecule has 1 aromatic carbocycles. The minimum atomic E-state index is -0.836. The quantitative estimate of drug-likeness (QED) is 0.491. The number of carbonyl (C=O) groups excluding carboxylic acids is 1. The third-order valence-electron chi connectivity index (χ3n) is 2.37. The van der Waals surface area contributed by atoms with Gasteiger partial charge < -0.3 is 9.84 Å². The standard InChI is InChI=1S/C14H14O3/c1-4-10(5-2)13(15)11-6-8-12(9-7-11)14(16)17-3/h4,6-9,13,15H,1-2H2,3H3. The number of aliphatic hydroxyl groups is 1. The predicted octanol–water partition coefficient (Wildman–Crippen LogP) is 2.40. The van der Waals surface area contributed by atoms with Gasteiger partial charge in [-0.05, 0) is 17.7 Å². The topological polar surface area (TPSA) is 46.5 Å². The molecule has 0 amide bonds. The number of benzene rings is 1. The average Bonchev–Trinajstić information content (AvgIpc) is 2.39. The van der Waals surface area contributed by atoms with E-state index in [-0.39, 0.29) is 0 Å². The van der Waals surface area contributed by atoms with Gasteiger partial charge in [-0.15, -0.1) is 5.73 Å². The van der Waals surface area contributed by atoms with Crippen LogP contribution in [0.5, 0.6) is 0 Å². The Kier molecular flexibility index (Phi) is 4.46. The van der Waals surface area contributed by atoms with Gasteiger partial charge in [-0.1, -0.05) is 31.4 Å². The van der Waals surface area contributed by atoms with Gasteiger partial charge in [0.15, 0.2) is 0 Å². The number of aliphatic hydroxyl groups excluding tert-OH is 1. The summed E-state index contributed by atoms with van der Waals surface area (Å²) in [6, 6.07) is 6.48. The summed E-state index contributed by atoms with van der Waals surface area (Å²) in [7, 11) is 1.32. The van der Waals surface area contributed by atoms with Crippen LogP contribution in [0.15, 0.2) is 54.8 Å². The smallest absolute Gasteiger partial charge is 0.337 e. The van der Waals surface area contributed by atoms with Gasteiger partial charge in [0, 0.05) is 5.57 Å². The molecule has 0 saturated heterocycles. The van der Waals surface area contributed by atoms with Crippen LogP contribution in [0.3, 0.4) is 0 Å². The molecule has 0 aliphatic heterocycles. The molecule has 88 valence electrons. The molecule has 3 heteroatoms. The second kappa shape index (κ2) is 5.85. The zero-order chi connectivity index (χ0) is 12.8. The van der Waals surface area contributed by atoms with Gasteiger partial charge >= 0.3 is 5.97 Å². The predicted molar refractivity (Wildman–Crippen MR) is 65.6 cm³/mol. The van der Waals surface area contributed by atoms with Gasteiger partial charge in [0.2, 0.25) is 0 Å². The van der Waals surface area contributed by atoms with Crippen LogP contribution in [0.4, 0.5) is 0 Å². The molecule has 1 aromatic rings. The molecule has 0 aliphatic rings. The number of esters is 1. The van der Waals surface area contributed by atoms with E-state index in [4.69, 9.17) is 0 Å². The van der Waals surface area contributed by atoms with Gasteiger partial charge in [-0.2, -0.15) is 0 Å². The van der Waals surface area contributed by atoms with Crippen molar-refractivity contribution >= 4 is 5.97 Å². The highest BCUT2D eigenvalue weighted by atomic mass is 16.5. The third-order valence-corrected chi connectivity index (χ3v) is 2.37. The van der Waals surface area contributed by atoms with E-state index in [0.717, 1.165) is 0 Å². The summed E-state index contributed by atoms with van der Waals surface area (Å²) in [6.45, 7) is 7.03.